The normalized spacial score (nSPS) is 16.4. The lowest BCUT2D eigenvalue weighted by atomic mass is 9.91. The van der Waals surface area contributed by atoms with Crippen molar-refractivity contribution in [3.8, 4) is 22.6 Å². The van der Waals surface area contributed by atoms with Crippen molar-refractivity contribution < 1.29 is 23.8 Å². The molecule has 202 valence electrons. The smallest absolute Gasteiger partial charge is 0.303 e. The Kier molecular flexibility index (Phi) is 9.21. The maximum Gasteiger partial charge on any atom is 0.303 e. The second-order valence-corrected chi connectivity index (χ2v) is 10.2. The maximum atomic E-state index is 14.6. The van der Waals surface area contributed by atoms with Crippen LogP contribution in [0.3, 0.4) is 0 Å². The van der Waals surface area contributed by atoms with Crippen LogP contribution in [0, 0.1) is 17.7 Å². The molecule has 1 N–H and O–H groups in total. The average Bonchev–Trinajstić information content (AvgIpc) is 3.76. The Morgan fingerprint density at radius 2 is 1.74 bits per heavy atom. The number of carbonyl (C=O) groups is 1. The van der Waals surface area contributed by atoms with Gasteiger partial charge in [-0.15, -0.1) is 0 Å². The molecule has 2 aliphatic rings. The molecule has 3 aromatic rings. The van der Waals surface area contributed by atoms with Gasteiger partial charge in [-0.05, 0) is 79.3 Å². The van der Waals surface area contributed by atoms with Crippen molar-refractivity contribution in [2.75, 3.05) is 31.7 Å². The van der Waals surface area contributed by atoms with Crippen molar-refractivity contribution in [1.29, 1.82) is 0 Å². The molecule has 1 saturated heterocycles. The van der Waals surface area contributed by atoms with Crippen LogP contribution in [-0.4, -0.2) is 37.9 Å². The zero-order valence-electron chi connectivity index (χ0n) is 21.7. The number of aliphatic carboxylic acids is 1. The Labute approximate surface area is 231 Å². The molecule has 0 unspecified atom stereocenters. The number of hydrogen-bond donors (Lipinski definition) is 1. The summed E-state index contributed by atoms with van der Waals surface area (Å²) in [4.78, 5) is 13.7. The highest BCUT2D eigenvalue weighted by Crippen LogP contribution is 2.45. The van der Waals surface area contributed by atoms with Crippen LogP contribution in [0.5, 0.6) is 11.5 Å². The van der Waals surface area contributed by atoms with Crippen LogP contribution in [0.1, 0.15) is 43.6 Å². The highest BCUT2D eigenvalue weighted by molar-refractivity contribution is 7.59. The Bertz CT molecular complexity index is 1240. The van der Waals surface area contributed by atoms with Gasteiger partial charge in [0.25, 0.3) is 0 Å². The molecule has 1 heterocycles. The van der Waals surface area contributed by atoms with Crippen LogP contribution in [0.15, 0.2) is 66.7 Å². The fourth-order valence-corrected chi connectivity index (χ4v) is 5.44. The van der Waals surface area contributed by atoms with Crippen molar-refractivity contribution in [2.24, 2.45) is 11.8 Å². The molecule has 0 radical (unpaired) electrons. The van der Waals surface area contributed by atoms with E-state index in [1.54, 1.807) is 13.2 Å². The first-order valence-electron chi connectivity index (χ1n) is 13.1. The van der Waals surface area contributed by atoms with Crippen LogP contribution in [0.25, 0.3) is 11.1 Å². The summed E-state index contributed by atoms with van der Waals surface area (Å²) in [7, 11) is 1.65. The number of carboxylic acid groups (broad SMARTS) is 1. The SMILES string of the molecule is COc1ccc(-c2ccccc2F)c(N2CCC(COc3cccc([C@@H](CC(=O)O)C4CC4)c3)CC2)c1.S. The Balaban J connectivity index is 0.00000336. The van der Waals surface area contributed by atoms with Crippen molar-refractivity contribution in [2.45, 2.75) is 38.0 Å². The molecule has 0 bridgehead atoms. The van der Waals surface area contributed by atoms with Crippen molar-refractivity contribution in [3.63, 3.8) is 0 Å². The molecule has 0 aromatic heterocycles. The van der Waals surface area contributed by atoms with Gasteiger partial charge in [0, 0.05) is 36.0 Å². The first kappa shape index (κ1) is 27.8. The molecule has 5 rings (SSSR count). The summed E-state index contributed by atoms with van der Waals surface area (Å²) in [5, 5.41) is 9.33. The van der Waals surface area contributed by atoms with E-state index < -0.39 is 5.97 Å². The Hall–Kier alpha value is -3.19. The number of hydrogen-bond acceptors (Lipinski definition) is 4. The molecule has 1 aliphatic heterocycles. The summed E-state index contributed by atoms with van der Waals surface area (Å²) in [5.41, 5.74) is 3.52. The zero-order chi connectivity index (χ0) is 25.8. The zero-order valence-corrected chi connectivity index (χ0v) is 22.7. The van der Waals surface area contributed by atoms with E-state index >= 15 is 0 Å². The number of rotatable bonds is 10. The monoisotopic (exact) mass is 537 g/mol. The van der Waals surface area contributed by atoms with E-state index in [4.69, 9.17) is 9.47 Å². The van der Waals surface area contributed by atoms with E-state index in [9.17, 15) is 14.3 Å². The van der Waals surface area contributed by atoms with E-state index in [2.05, 4.69) is 4.90 Å². The number of piperidine rings is 1. The minimum absolute atomic E-state index is 0. The fourth-order valence-electron chi connectivity index (χ4n) is 5.44. The van der Waals surface area contributed by atoms with Gasteiger partial charge in [0.1, 0.15) is 17.3 Å². The predicted octanol–water partition coefficient (Wildman–Crippen LogP) is 6.88. The van der Waals surface area contributed by atoms with Gasteiger partial charge in [0.15, 0.2) is 0 Å². The largest absolute Gasteiger partial charge is 0.497 e. The van der Waals surface area contributed by atoms with Crippen molar-refractivity contribution >= 4 is 25.2 Å². The molecule has 0 spiro atoms. The summed E-state index contributed by atoms with van der Waals surface area (Å²) in [6.45, 7) is 2.33. The van der Waals surface area contributed by atoms with Crippen LogP contribution in [0.2, 0.25) is 0 Å². The molecular formula is C31H36FNO4S. The lowest BCUT2D eigenvalue weighted by Gasteiger charge is -2.35. The summed E-state index contributed by atoms with van der Waals surface area (Å²) in [5.74, 6) is 1.55. The molecular weight excluding hydrogens is 501 g/mol. The molecule has 2 fully saturated rings. The van der Waals surface area contributed by atoms with Gasteiger partial charge in [-0.25, -0.2) is 4.39 Å². The topological polar surface area (TPSA) is 59.0 Å². The van der Waals surface area contributed by atoms with E-state index in [0.717, 1.165) is 67.1 Å². The van der Waals surface area contributed by atoms with Gasteiger partial charge in [-0.3, -0.25) is 4.79 Å². The number of halogens is 1. The second kappa shape index (κ2) is 12.6. The second-order valence-electron chi connectivity index (χ2n) is 10.2. The number of nitrogens with zero attached hydrogens (tertiary/aromatic N) is 1. The van der Waals surface area contributed by atoms with Crippen LogP contribution < -0.4 is 14.4 Å². The molecule has 3 aromatic carbocycles. The van der Waals surface area contributed by atoms with Gasteiger partial charge in [0.2, 0.25) is 0 Å². The molecule has 0 amide bonds. The number of methoxy groups -OCH3 is 1. The lowest BCUT2D eigenvalue weighted by Crippen LogP contribution is -2.35. The fraction of sp³-hybridized carbons (Fsp3) is 0.387. The number of ether oxygens (including phenoxy) is 2. The highest BCUT2D eigenvalue weighted by atomic mass is 32.1. The molecule has 38 heavy (non-hydrogen) atoms. The van der Waals surface area contributed by atoms with Gasteiger partial charge < -0.3 is 19.5 Å². The lowest BCUT2D eigenvalue weighted by molar-refractivity contribution is -0.137. The van der Waals surface area contributed by atoms with Gasteiger partial charge in [-0.1, -0.05) is 30.3 Å². The predicted molar refractivity (Wildman–Crippen MR) is 153 cm³/mol. The first-order chi connectivity index (χ1) is 18.0. The summed E-state index contributed by atoms with van der Waals surface area (Å²) in [6, 6.07) is 20.7. The quantitative estimate of drug-likeness (QED) is 0.306. The molecule has 1 saturated carbocycles. The molecule has 1 aliphatic carbocycles. The summed E-state index contributed by atoms with van der Waals surface area (Å²) >= 11 is 0. The van der Waals surface area contributed by atoms with Gasteiger partial charge in [0.05, 0.1) is 20.1 Å². The minimum Gasteiger partial charge on any atom is -0.497 e. The molecule has 5 nitrogen and oxygen atoms in total. The van der Waals surface area contributed by atoms with Crippen LogP contribution in [-0.2, 0) is 4.79 Å². The third-order valence-electron chi connectivity index (χ3n) is 7.68. The van der Waals surface area contributed by atoms with Crippen molar-refractivity contribution in [1.82, 2.24) is 0 Å². The third-order valence-corrected chi connectivity index (χ3v) is 7.68. The Morgan fingerprint density at radius 3 is 2.42 bits per heavy atom. The number of anilines is 1. The average molecular weight is 538 g/mol. The molecule has 7 heteroatoms. The van der Waals surface area contributed by atoms with Gasteiger partial charge in [-0.2, -0.15) is 13.5 Å². The van der Waals surface area contributed by atoms with Crippen LogP contribution >= 0.6 is 13.5 Å². The number of benzene rings is 3. The highest BCUT2D eigenvalue weighted by Gasteiger charge is 2.34. The summed E-state index contributed by atoms with van der Waals surface area (Å²) in [6.07, 6.45) is 4.32. The standard InChI is InChI=1S/C31H34FNO4.H2S/c1-36-24-11-12-27(26-7-2-3-8-29(26)32)30(18-24)33-15-13-21(14-16-33)20-37-25-6-4-5-23(17-25)28(19-31(34)35)22-9-10-22;/h2-8,11-12,17-18,21-22,28H,9-10,13-16,19-20H2,1H3,(H,34,35);1H2/t28-;/m0./s1. The third kappa shape index (κ3) is 6.62. The number of carboxylic acids is 1. The van der Waals surface area contributed by atoms with E-state index in [0.29, 0.717) is 24.0 Å². The minimum atomic E-state index is -0.746. The maximum absolute atomic E-state index is 14.6. The van der Waals surface area contributed by atoms with Gasteiger partial charge >= 0.3 is 5.97 Å². The Morgan fingerprint density at radius 1 is 0.974 bits per heavy atom. The van der Waals surface area contributed by atoms with E-state index in [1.165, 1.54) is 6.07 Å². The molecule has 1 atom stereocenters. The van der Waals surface area contributed by atoms with Crippen molar-refractivity contribution in [3.05, 3.63) is 78.1 Å². The van der Waals surface area contributed by atoms with E-state index in [-0.39, 0.29) is 31.7 Å². The van der Waals surface area contributed by atoms with Crippen LogP contribution in [0.4, 0.5) is 10.1 Å². The first-order valence-corrected chi connectivity index (χ1v) is 13.1. The van der Waals surface area contributed by atoms with E-state index in [1.807, 2.05) is 54.6 Å². The summed E-state index contributed by atoms with van der Waals surface area (Å²) < 4.78 is 26.3.